The molecule has 0 saturated carbocycles. The number of likely N-dealkylation sites (tertiary alicyclic amines) is 1. The lowest BCUT2D eigenvalue weighted by Crippen LogP contribution is -2.50. The van der Waals surface area contributed by atoms with Gasteiger partial charge in [-0.1, -0.05) is 40.9 Å². The van der Waals surface area contributed by atoms with Crippen LogP contribution in [0.5, 0.6) is 11.5 Å². The number of carbonyl (C=O) groups excluding carboxylic acids is 1. The molecule has 2 heterocycles. The quantitative estimate of drug-likeness (QED) is 0.767. The number of fused-ring (bicyclic) bond motifs is 1. The molecule has 5 heteroatoms. The predicted molar refractivity (Wildman–Crippen MR) is 84.1 cm³/mol. The monoisotopic (exact) mass is 353 g/mol. The van der Waals surface area contributed by atoms with Crippen LogP contribution in [0.4, 0.5) is 0 Å². The highest BCUT2D eigenvalue weighted by molar-refractivity contribution is 9.09. The molecule has 0 aliphatic carbocycles. The van der Waals surface area contributed by atoms with Crippen LogP contribution in [-0.4, -0.2) is 41.4 Å². The number of rotatable bonds is 2. The molecule has 1 amide bonds. The standard InChI is InChI=1S/C16H20BrNO3/c17-10-12-6-2-1-5-9-18(12)16(19)15-11-20-13-7-3-4-8-14(13)21-15/h3-4,7-8,12,15H,1-2,5-6,9-11H2. The van der Waals surface area contributed by atoms with E-state index in [1.165, 1.54) is 12.8 Å². The van der Waals surface area contributed by atoms with Crippen LogP contribution in [0.1, 0.15) is 25.7 Å². The molecule has 2 unspecified atom stereocenters. The van der Waals surface area contributed by atoms with E-state index in [9.17, 15) is 4.79 Å². The fourth-order valence-electron chi connectivity index (χ4n) is 2.95. The van der Waals surface area contributed by atoms with E-state index in [2.05, 4.69) is 15.9 Å². The molecule has 21 heavy (non-hydrogen) atoms. The van der Waals surface area contributed by atoms with Crippen molar-refractivity contribution in [1.29, 1.82) is 0 Å². The summed E-state index contributed by atoms with van der Waals surface area (Å²) in [7, 11) is 0. The Morgan fingerprint density at radius 3 is 2.86 bits per heavy atom. The zero-order valence-electron chi connectivity index (χ0n) is 12.0. The molecule has 0 bridgehead atoms. The summed E-state index contributed by atoms with van der Waals surface area (Å²) >= 11 is 3.54. The third-order valence-corrected chi connectivity index (χ3v) is 4.87. The molecule has 114 valence electrons. The van der Waals surface area contributed by atoms with Gasteiger partial charge in [0.15, 0.2) is 11.5 Å². The highest BCUT2D eigenvalue weighted by Crippen LogP contribution is 2.32. The number of carbonyl (C=O) groups is 1. The first-order valence-electron chi connectivity index (χ1n) is 7.54. The van der Waals surface area contributed by atoms with Crippen molar-refractivity contribution < 1.29 is 14.3 Å². The average molecular weight is 354 g/mol. The minimum Gasteiger partial charge on any atom is -0.485 e. The maximum absolute atomic E-state index is 12.8. The van der Waals surface area contributed by atoms with Crippen LogP contribution in [0.25, 0.3) is 0 Å². The van der Waals surface area contributed by atoms with E-state index in [1.807, 2.05) is 29.2 Å². The molecule has 4 nitrogen and oxygen atoms in total. The van der Waals surface area contributed by atoms with Crippen LogP contribution in [-0.2, 0) is 4.79 Å². The fourth-order valence-corrected chi connectivity index (χ4v) is 3.63. The summed E-state index contributed by atoms with van der Waals surface area (Å²) in [6, 6.07) is 7.77. The summed E-state index contributed by atoms with van der Waals surface area (Å²) in [5.41, 5.74) is 0. The Bertz CT molecular complexity index is 508. The minimum atomic E-state index is -0.528. The van der Waals surface area contributed by atoms with E-state index in [-0.39, 0.29) is 11.9 Å². The molecule has 1 saturated heterocycles. The van der Waals surface area contributed by atoms with E-state index in [1.54, 1.807) is 0 Å². The first-order chi connectivity index (χ1) is 10.3. The second kappa shape index (κ2) is 6.69. The minimum absolute atomic E-state index is 0.0517. The maximum atomic E-state index is 12.8. The van der Waals surface area contributed by atoms with Crippen molar-refractivity contribution in [3.63, 3.8) is 0 Å². The number of ether oxygens (including phenoxy) is 2. The lowest BCUT2D eigenvalue weighted by Gasteiger charge is -2.34. The SMILES string of the molecule is O=C(C1COc2ccccc2O1)N1CCCCCC1CBr. The number of para-hydroxylation sites is 2. The molecule has 2 aliphatic rings. The van der Waals surface area contributed by atoms with Crippen LogP contribution in [0.2, 0.25) is 0 Å². The maximum Gasteiger partial charge on any atom is 0.267 e. The number of halogens is 1. The van der Waals surface area contributed by atoms with Gasteiger partial charge in [-0.2, -0.15) is 0 Å². The normalized spacial score (nSPS) is 25.3. The topological polar surface area (TPSA) is 38.8 Å². The van der Waals surface area contributed by atoms with Crippen molar-refractivity contribution in [3.8, 4) is 11.5 Å². The number of benzene rings is 1. The Morgan fingerprint density at radius 1 is 1.24 bits per heavy atom. The van der Waals surface area contributed by atoms with Gasteiger partial charge >= 0.3 is 0 Å². The van der Waals surface area contributed by atoms with Crippen molar-refractivity contribution in [2.24, 2.45) is 0 Å². The summed E-state index contributed by atoms with van der Waals surface area (Å²) in [5.74, 6) is 1.43. The summed E-state index contributed by atoms with van der Waals surface area (Å²) in [5, 5.41) is 0.822. The number of amides is 1. The number of hydrogen-bond donors (Lipinski definition) is 0. The number of hydrogen-bond acceptors (Lipinski definition) is 3. The van der Waals surface area contributed by atoms with Crippen LogP contribution in [0.3, 0.4) is 0 Å². The average Bonchev–Trinajstić information content (AvgIpc) is 2.79. The lowest BCUT2D eigenvalue weighted by molar-refractivity contribution is -0.143. The summed E-state index contributed by atoms with van der Waals surface area (Å²) in [4.78, 5) is 14.8. The van der Waals surface area contributed by atoms with E-state index in [0.29, 0.717) is 12.4 Å². The largest absolute Gasteiger partial charge is 0.485 e. The zero-order valence-corrected chi connectivity index (χ0v) is 13.5. The van der Waals surface area contributed by atoms with Gasteiger partial charge in [-0.15, -0.1) is 0 Å². The van der Waals surface area contributed by atoms with Gasteiger partial charge in [0.25, 0.3) is 5.91 Å². The highest BCUT2D eigenvalue weighted by atomic mass is 79.9. The summed E-state index contributed by atoms with van der Waals surface area (Å²) < 4.78 is 11.5. The third-order valence-electron chi connectivity index (χ3n) is 4.12. The molecule has 2 aliphatic heterocycles. The number of nitrogens with zero attached hydrogens (tertiary/aromatic N) is 1. The van der Waals surface area contributed by atoms with E-state index >= 15 is 0 Å². The van der Waals surface area contributed by atoms with Crippen molar-refractivity contribution in [1.82, 2.24) is 4.90 Å². The summed E-state index contributed by atoms with van der Waals surface area (Å²) in [6.45, 7) is 1.11. The highest BCUT2D eigenvalue weighted by Gasteiger charge is 2.34. The number of alkyl halides is 1. The molecule has 0 radical (unpaired) electrons. The van der Waals surface area contributed by atoms with Crippen LogP contribution in [0, 0.1) is 0 Å². The molecule has 0 aromatic heterocycles. The molecule has 2 atom stereocenters. The molecule has 0 N–H and O–H groups in total. The second-order valence-corrected chi connectivity index (χ2v) is 6.20. The third kappa shape index (κ3) is 3.18. The second-order valence-electron chi connectivity index (χ2n) is 5.55. The van der Waals surface area contributed by atoms with Crippen LogP contribution in [0.15, 0.2) is 24.3 Å². The van der Waals surface area contributed by atoms with Crippen molar-refractivity contribution in [3.05, 3.63) is 24.3 Å². The van der Waals surface area contributed by atoms with E-state index in [0.717, 1.165) is 30.5 Å². The Kier molecular flexibility index (Phi) is 4.68. The molecule has 1 aromatic carbocycles. The van der Waals surface area contributed by atoms with Gasteiger partial charge < -0.3 is 14.4 Å². The van der Waals surface area contributed by atoms with Crippen molar-refractivity contribution >= 4 is 21.8 Å². The Morgan fingerprint density at radius 2 is 2.05 bits per heavy atom. The van der Waals surface area contributed by atoms with Gasteiger partial charge in [-0.3, -0.25) is 4.79 Å². The smallest absolute Gasteiger partial charge is 0.267 e. The zero-order chi connectivity index (χ0) is 14.7. The van der Waals surface area contributed by atoms with Crippen molar-refractivity contribution in [2.75, 3.05) is 18.5 Å². The van der Waals surface area contributed by atoms with Crippen LogP contribution < -0.4 is 9.47 Å². The molecule has 1 fully saturated rings. The summed E-state index contributed by atoms with van der Waals surface area (Å²) in [6.07, 6.45) is 3.98. The van der Waals surface area contributed by atoms with Gasteiger partial charge in [0.1, 0.15) is 6.61 Å². The van der Waals surface area contributed by atoms with Gasteiger partial charge in [-0.25, -0.2) is 0 Å². The molecule has 3 rings (SSSR count). The Hall–Kier alpha value is -1.23. The van der Waals surface area contributed by atoms with E-state index < -0.39 is 6.10 Å². The van der Waals surface area contributed by atoms with Gasteiger partial charge in [-0.05, 0) is 25.0 Å². The van der Waals surface area contributed by atoms with Gasteiger partial charge in [0.2, 0.25) is 6.10 Å². The van der Waals surface area contributed by atoms with Gasteiger partial charge in [0, 0.05) is 17.9 Å². The molecular weight excluding hydrogens is 334 g/mol. The first kappa shape index (κ1) is 14.7. The predicted octanol–water partition coefficient (Wildman–Crippen LogP) is 2.99. The molecule has 0 spiro atoms. The van der Waals surface area contributed by atoms with Crippen molar-refractivity contribution in [2.45, 2.75) is 37.8 Å². The van der Waals surface area contributed by atoms with E-state index in [4.69, 9.17) is 9.47 Å². The van der Waals surface area contributed by atoms with Crippen LogP contribution >= 0.6 is 15.9 Å². The lowest BCUT2D eigenvalue weighted by atomic mass is 10.1. The molecular formula is C16H20BrNO3. The Balaban J connectivity index is 1.73. The van der Waals surface area contributed by atoms with Gasteiger partial charge in [0.05, 0.1) is 0 Å². The fraction of sp³-hybridized carbons (Fsp3) is 0.562. The Labute approximate surface area is 133 Å². The first-order valence-corrected chi connectivity index (χ1v) is 8.66. The molecule has 1 aromatic rings.